The zero-order valence-electron chi connectivity index (χ0n) is 14.1. The molecule has 0 saturated heterocycles. The number of benzene rings is 2. The fourth-order valence-corrected chi connectivity index (χ4v) is 3.86. The molecule has 0 fully saturated rings. The standard InChI is InChI=1S/C19H18N2O4S/c1-21(15-8-3-2-4-9-15)26(23,24)18-12-6-5-11-17(18)19(22)20-14-16-10-7-13-25-16/h2-13H,14H2,1H3,(H,20,22). The van der Waals surface area contributed by atoms with Crippen molar-refractivity contribution in [2.24, 2.45) is 0 Å². The number of rotatable bonds is 6. The number of nitrogens with one attached hydrogen (secondary N) is 1. The second kappa shape index (κ2) is 7.45. The maximum Gasteiger partial charge on any atom is 0.264 e. The van der Waals surface area contributed by atoms with Crippen LogP contribution in [0.2, 0.25) is 0 Å². The summed E-state index contributed by atoms with van der Waals surface area (Å²) >= 11 is 0. The number of carbonyl (C=O) groups excluding carboxylic acids is 1. The molecule has 3 aromatic rings. The van der Waals surface area contributed by atoms with E-state index in [-0.39, 0.29) is 17.0 Å². The van der Waals surface area contributed by atoms with Gasteiger partial charge in [0.05, 0.1) is 24.1 Å². The lowest BCUT2D eigenvalue weighted by Crippen LogP contribution is -2.30. The highest BCUT2D eigenvalue weighted by atomic mass is 32.2. The van der Waals surface area contributed by atoms with Gasteiger partial charge in [-0.05, 0) is 36.4 Å². The first-order valence-corrected chi connectivity index (χ1v) is 9.38. The molecule has 0 aliphatic carbocycles. The van der Waals surface area contributed by atoms with Crippen LogP contribution in [0.15, 0.2) is 82.3 Å². The highest BCUT2D eigenvalue weighted by molar-refractivity contribution is 7.92. The molecule has 1 heterocycles. The van der Waals surface area contributed by atoms with Crippen molar-refractivity contribution in [2.75, 3.05) is 11.4 Å². The van der Waals surface area contributed by atoms with Gasteiger partial charge in [-0.25, -0.2) is 8.42 Å². The average Bonchev–Trinajstić information content (AvgIpc) is 3.20. The molecule has 0 aliphatic heterocycles. The van der Waals surface area contributed by atoms with Crippen molar-refractivity contribution < 1.29 is 17.6 Å². The van der Waals surface area contributed by atoms with Gasteiger partial charge >= 0.3 is 0 Å². The van der Waals surface area contributed by atoms with E-state index in [1.54, 1.807) is 54.6 Å². The number of nitrogens with zero attached hydrogens (tertiary/aromatic N) is 1. The third kappa shape index (κ3) is 3.62. The van der Waals surface area contributed by atoms with Crippen LogP contribution >= 0.6 is 0 Å². The summed E-state index contributed by atoms with van der Waals surface area (Å²) in [5, 5.41) is 2.68. The first-order chi connectivity index (χ1) is 12.5. The molecule has 0 radical (unpaired) electrons. The number of para-hydroxylation sites is 1. The zero-order chi connectivity index (χ0) is 18.6. The fraction of sp³-hybridized carbons (Fsp3) is 0.105. The molecular formula is C19H18N2O4S. The van der Waals surface area contributed by atoms with Crippen LogP contribution in [0, 0.1) is 0 Å². The van der Waals surface area contributed by atoms with Crippen LogP contribution in [0.1, 0.15) is 16.1 Å². The molecule has 6 nitrogen and oxygen atoms in total. The van der Waals surface area contributed by atoms with Crippen LogP contribution < -0.4 is 9.62 Å². The summed E-state index contributed by atoms with van der Waals surface area (Å²) in [6.07, 6.45) is 1.51. The van der Waals surface area contributed by atoms with E-state index in [0.717, 1.165) is 4.31 Å². The van der Waals surface area contributed by atoms with E-state index in [2.05, 4.69) is 5.32 Å². The van der Waals surface area contributed by atoms with Gasteiger partial charge in [0, 0.05) is 7.05 Å². The SMILES string of the molecule is CN(c1ccccc1)S(=O)(=O)c1ccccc1C(=O)NCc1ccco1. The Bertz CT molecular complexity index is 983. The molecule has 0 saturated carbocycles. The minimum atomic E-state index is -3.89. The minimum absolute atomic E-state index is 0.0525. The van der Waals surface area contributed by atoms with Crippen molar-refractivity contribution in [1.82, 2.24) is 5.32 Å². The van der Waals surface area contributed by atoms with Gasteiger partial charge in [-0.1, -0.05) is 30.3 Å². The fourth-order valence-electron chi connectivity index (χ4n) is 2.48. The summed E-state index contributed by atoms with van der Waals surface area (Å²) in [7, 11) is -2.43. The number of hydrogen-bond donors (Lipinski definition) is 1. The van der Waals surface area contributed by atoms with E-state index in [1.165, 1.54) is 25.4 Å². The van der Waals surface area contributed by atoms with E-state index >= 15 is 0 Å². The molecule has 7 heteroatoms. The molecule has 0 unspecified atom stereocenters. The van der Waals surface area contributed by atoms with E-state index in [0.29, 0.717) is 11.4 Å². The summed E-state index contributed by atoms with van der Waals surface area (Å²) in [5.74, 6) is 0.0992. The maximum absolute atomic E-state index is 13.0. The van der Waals surface area contributed by atoms with Crippen molar-refractivity contribution in [1.29, 1.82) is 0 Å². The monoisotopic (exact) mass is 370 g/mol. The van der Waals surface area contributed by atoms with Crippen molar-refractivity contribution in [3.63, 3.8) is 0 Å². The maximum atomic E-state index is 13.0. The van der Waals surface area contributed by atoms with E-state index in [1.807, 2.05) is 0 Å². The molecule has 1 aromatic heterocycles. The van der Waals surface area contributed by atoms with Gasteiger partial charge < -0.3 is 9.73 Å². The normalized spacial score (nSPS) is 11.1. The quantitative estimate of drug-likeness (QED) is 0.723. The smallest absolute Gasteiger partial charge is 0.264 e. The van der Waals surface area contributed by atoms with Crippen LogP contribution in [-0.2, 0) is 16.6 Å². The first kappa shape index (κ1) is 17.8. The van der Waals surface area contributed by atoms with E-state index in [4.69, 9.17) is 4.42 Å². The highest BCUT2D eigenvalue weighted by Crippen LogP contribution is 2.24. The van der Waals surface area contributed by atoms with Gasteiger partial charge in [0.2, 0.25) is 0 Å². The van der Waals surface area contributed by atoms with Gasteiger partial charge in [-0.3, -0.25) is 9.10 Å². The summed E-state index contributed by atoms with van der Waals surface area (Å²) in [5.41, 5.74) is 0.597. The molecule has 3 rings (SSSR count). The second-order valence-electron chi connectivity index (χ2n) is 5.57. The lowest BCUT2D eigenvalue weighted by Gasteiger charge is -2.21. The number of anilines is 1. The van der Waals surface area contributed by atoms with Crippen molar-refractivity contribution in [2.45, 2.75) is 11.4 Å². The molecule has 0 aliphatic rings. The molecule has 2 aromatic carbocycles. The molecule has 1 amide bonds. The van der Waals surface area contributed by atoms with Gasteiger partial charge in [-0.2, -0.15) is 0 Å². The molecule has 134 valence electrons. The number of sulfonamides is 1. The predicted octanol–water partition coefficient (Wildman–Crippen LogP) is 3.03. The summed E-state index contributed by atoms with van der Waals surface area (Å²) in [4.78, 5) is 12.5. The Labute approximate surface area is 152 Å². The zero-order valence-corrected chi connectivity index (χ0v) is 14.9. The Balaban J connectivity index is 1.89. The first-order valence-electron chi connectivity index (χ1n) is 7.94. The number of amides is 1. The van der Waals surface area contributed by atoms with Gasteiger partial charge in [0.15, 0.2) is 0 Å². The van der Waals surface area contributed by atoms with Crippen molar-refractivity contribution >= 4 is 21.6 Å². The van der Waals surface area contributed by atoms with Crippen LogP contribution in [0.25, 0.3) is 0 Å². The lowest BCUT2D eigenvalue weighted by atomic mass is 10.2. The van der Waals surface area contributed by atoms with Crippen LogP contribution in [0.4, 0.5) is 5.69 Å². The van der Waals surface area contributed by atoms with E-state index < -0.39 is 15.9 Å². The Morgan fingerprint density at radius 3 is 2.38 bits per heavy atom. The number of hydrogen-bond acceptors (Lipinski definition) is 4. The average molecular weight is 370 g/mol. The van der Waals surface area contributed by atoms with Gasteiger partial charge in [-0.15, -0.1) is 0 Å². The Morgan fingerprint density at radius 2 is 1.69 bits per heavy atom. The van der Waals surface area contributed by atoms with Crippen LogP contribution in [-0.4, -0.2) is 21.4 Å². The third-order valence-electron chi connectivity index (χ3n) is 3.89. The molecular weight excluding hydrogens is 352 g/mol. The molecule has 0 atom stereocenters. The van der Waals surface area contributed by atoms with Gasteiger partial charge in [0.25, 0.3) is 15.9 Å². The number of furan rings is 1. The molecule has 26 heavy (non-hydrogen) atoms. The second-order valence-corrected chi connectivity index (χ2v) is 7.50. The van der Waals surface area contributed by atoms with Crippen molar-refractivity contribution in [3.05, 3.63) is 84.3 Å². The molecule has 0 bridgehead atoms. The summed E-state index contributed by atoms with van der Waals surface area (Å²) in [6, 6.07) is 18.3. The minimum Gasteiger partial charge on any atom is -0.467 e. The van der Waals surface area contributed by atoms with Crippen LogP contribution in [0.3, 0.4) is 0 Å². The van der Waals surface area contributed by atoms with Gasteiger partial charge in [0.1, 0.15) is 10.7 Å². The van der Waals surface area contributed by atoms with Crippen LogP contribution in [0.5, 0.6) is 0 Å². The lowest BCUT2D eigenvalue weighted by molar-refractivity contribution is 0.0944. The Kier molecular flexibility index (Phi) is 5.09. The molecule has 1 N–H and O–H groups in total. The van der Waals surface area contributed by atoms with Crippen molar-refractivity contribution in [3.8, 4) is 0 Å². The number of carbonyl (C=O) groups is 1. The summed E-state index contributed by atoms with van der Waals surface area (Å²) < 4.78 is 32.4. The Hall–Kier alpha value is -3.06. The third-order valence-corrected chi connectivity index (χ3v) is 5.74. The predicted molar refractivity (Wildman–Crippen MR) is 98.4 cm³/mol. The molecule has 0 spiro atoms. The largest absolute Gasteiger partial charge is 0.467 e. The Morgan fingerprint density at radius 1 is 1.00 bits per heavy atom. The van der Waals surface area contributed by atoms with E-state index in [9.17, 15) is 13.2 Å². The topological polar surface area (TPSA) is 79.6 Å². The highest BCUT2D eigenvalue weighted by Gasteiger charge is 2.26. The summed E-state index contributed by atoms with van der Waals surface area (Å²) in [6.45, 7) is 0.175.